The van der Waals surface area contributed by atoms with E-state index < -0.39 is 14.9 Å². The van der Waals surface area contributed by atoms with Gasteiger partial charge < -0.3 is 10.1 Å². The van der Waals surface area contributed by atoms with Crippen LogP contribution in [0.5, 0.6) is 5.75 Å². The fourth-order valence-corrected chi connectivity index (χ4v) is 3.54. The molecule has 1 N–H and O–H groups in total. The first-order chi connectivity index (χ1) is 12.3. The summed E-state index contributed by atoms with van der Waals surface area (Å²) >= 11 is 5.86. The van der Waals surface area contributed by atoms with Gasteiger partial charge >= 0.3 is 0 Å². The minimum atomic E-state index is -3.89. The molecule has 0 saturated heterocycles. The van der Waals surface area contributed by atoms with E-state index in [0.29, 0.717) is 10.8 Å². The highest BCUT2D eigenvalue weighted by molar-refractivity contribution is 7.89. The van der Waals surface area contributed by atoms with Crippen molar-refractivity contribution in [1.29, 1.82) is 0 Å². The van der Waals surface area contributed by atoms with E-state index in [1.54, 1.807) is 24.3 Å². The molecule has 0 heterocycles. The lowest BCUT2D eigenvalue weighted by atomic mass is 10.3. The lowest BCUT2D eigenvalue weighted by Crippen LogP contribution is -2.31. The SMILES string of the molecule is CNc1ccc(S(=O)(=O)N(C)CCOc2cccc(Cl)c2)cc1[N+](=O)[O-]. The van der Waals surface area contributed by atoms with Gasteiger partial charge in [0.05, 0.1) is 9.82 Å². The molecule has 0 aliphatic carbocycles. The monoisotopic (exact) mass is 399 g/mol. The topological polar surface area (TPSA) is 102 Å². The van der Waals surface area contributed by atoms with Gasteiger partial charge in [0.2, 0.25) is 10.0 Å². The highest BCUT2D eigenvalue weighted by Crippen LogP contribution is 2.28. The summed E-state index contributed by atoms with van der Waals surface area (Å²) in [7, 11) is -0.980. The van der Waals surface area contributed by atoms with Gasteiger partial charge in [-0.2, -0.15) is 4.31 Å². The molecule has 0 aliphatic heterocycles. The van der Waals surface area contributed by atoms with E-state index in [1.165, 1.54) is 26.2 Å². The Kier molecular flexibility index (Phi) is 6.41. The third-order valence-corrected chi connectivity index (χ3v) is 5.70. The molecule has 0 radical (unpaired) electrons. The number of halogens is 1. The van der Waals surface area contributed by atoms with Crippen LogP contribution in [0.2, 0.25) is 5.02 Å². The predicted octanol–water partition coefficient (Wildman–Crippen LogP) is 2.99. The van der Waals surface area contributed by atoms with E-state index in [4.69, 9.17) is 16.3 Å². The number of nitro groups is 1. The molecule has 0 unspecified atom stereocenters. The largest absolute Gasteiger partial charge is 0.492 e. The number of nitro benzene ring substituents is 1. The summed E-state index contributed by atoms with van der Waals surface area (Å²) in [6, 6.07) is 10.5. The van der Waals surface area contributed by atoms with E-state index >= 15 is 0 Å². The molecule has 0 atom stereocenters. The summed E-state index contributed by atoms with van der Waals surface area (Å²) in [6.45, 7) is 0.170. The molecule has 0 amide bonds. The Morgan fingerprint density at radius 1 is 1.27 bits per heavy atom. The van der Waals surface area contributed by atoms with Crippen LogP contribution in [-0.4, -0.2) is 44.9 Å². The van der Waals surface area contributed by atoms with Gasteiger partial charge in [-0.3, -0.25) is 10.1 Å². The van der Waals surface area contributed by atoms with Crippen molar-refractivity contribution in [3.63, 3.8) is 0 Å². The molecule has 140 valence electrons. The van der Waals surface area contributed by atoms with Crippen LogP contribution in [0.15, 0.2) is 47.4 Å². The van der Waals surface area contributed by atoms with E-state index in [2.05, 4.69) is 5.32 Å². The van der Waals surface area contributed by atoms with E-state index in [0.717, 1.165) is 10.4 Å². The van der Waals surface area contributed by atoms with E-state index in [9.17, 15) is 18.5 Å². The van der Waals surface area contributed by atoms with Crippen molar-refractivity contribution in [3.8, 4) is 5.75 Å². The van der Waals surface area contributed by atoms with Crippen LogP contribution in [-0.2, 0) is 10.0 Å². The molecule has 2 aromatic carbocycles. The van der Waals surface area contributed by atoms with Gasteiger partial charge in [-0.05, 0) is 30.3 Å². The van der Waals surface area contributed by atoms with E-state index in [1.807, 2.05) is 0 Å². The van der Waals surface area contributed by atoms with Crippen LogP contribution in [0, 0.1) is 10.1 Å². The standard InChI is InChI=1S/C16H18ClN3O5S/c1-18-15-7-6-14(11-16(15)20(21)22)26(23,24)19(2)8-9-25-13-5-3-4-12(17)10-13/h3-7,10-11,18H,8-9H2,1-2H3. The zero-order chi connectivity index (χ0) is 19.3. The molecular formula is C16H18ClN3O5S. The fourth-order valence-electron chi connectivity index (χ4n) is 2.18. The van der Waals surface area contributed by atoms with Crippen molar-refractivity contribution in [1.82, 2.24) is 4.31 Å². The molecule has 0 bridgehead atoms. The molecule has 0 aliphatic rings. The Hall–Kier alpha value is -2.36. The summed E-state index contributed by atoms with van der Waals surface area (Å²) in [5.74, 6) is 0.525. The molecule has 8 nitrogen and oxygen atoms in total. The average Bonchev–Trinajstić information content (AvgIpc) is 2.61. The molecule has 0 aromatic heterocycles. The smallest absolute Gasteiger partial charge is 0.293 e. The summed E-state index contributed by atoms with van der Waals surface area (Å²) < 4.78 is 31.8. The summed E-state index contributed by atoms with van der Waals surface area (Å²) in [5, 5.41) is 14.3. The fraction of sp³-hybridized carbons (Fsp3) is 0.250. The van der Waals surface area contributed by atoms with Crippen molar-refractivity contribution in [3.05, 3.63) is 57.6 Å². The summed E-state index contributed by atoms with van der Waals surface area (Å²) in [4.78, 5) is 10.3. The Labute approximate surface area is 156 Å². The zero-order valence-electron chi connectivity index (χ0n) is 14.2. The average molecular weight is 400 g/mol. The lowest BCUT2D eigenvalue weighted by molar-refractivity contribution is -0.384. The maximum absolute atomic E-state index is 12.6. The number of ether oxygens (including phenoxy) is 1. The quantitative estimate of drug-likeness (QED) is 0.540. The van der Waals surface area contributed by atoms with Crippen LogP contribution in [0.1, 0.15) is 0 Å². The zero-order valence-corrected chi connectivity index (χ0v) is 15.7. The second-order valence-corrected chi connectivity index (χ2v) is 7.80. The van der Waals surface area contributed by atoms with Crippen molar-refractivity contribution in [2.45, 2.75) is 4.90 Å². The van der Waals surface area contributed by atoms with Crippen LogP contribution in [0.3, 0.4) is 0 Å². The number of sulfonamides is 1. The van der Waals surface area contributed by atoms with Gasteiger partial charge in [0.25, 0.3) is 5.69 Å². The predicted molar refractivity (Wildman–Crippen MR) is 99.4 cm³/mol. The van der Waals surface area contributed by atoms with Crippen molar-refractivity contribution >= 4 is 33.0 Å². The number of likely N-dealkylation sites (N-methyl/N-ethyl adjacent to an activating group) is 1. The van der Waals surface area contributed by atoms with Crippen molar-refractivity contribution < 1.29 is 18.1 Å². The summed E-state index contributed by atoms with van der Waals surface area (Å²) in [6.07, 6.45) is 0. The number of nitrogens with zero attached hydrogens (tertiary/aromatic N) is 2. The first-order valence-corrected chi connectivity index (χ1v) is 9.38. The highest BCUT2D eigenvalue weighted by Gasteiger charge is 2.24. The number of nitrogens with one attached hydrogen (secondary N) is 1. The third-order valence-electron chi connectivity index (χ3n) is 3.61. The van der Waals surface area contributed by atoms with Gasteiger partial charge in [0.1, 0.15) is 18.0 Å². The number of anilines is 1. The Balaban J connectivity index is 2.11. The number of hydrogen-bond donors (Lipinski definition) is 1. The molecule has 10 heteroatoms. The molecule has 2 rings (SSSR count). The Morgan fingerprint density at radius 2 is 2.00 bits per heavy atom. The maximum atomic E-state index is 12.6. The molecule has 26 heavy (non-hydrogen) atoms. The number of hydrogen-bond acceptors (Lipinski definition) is 6. The second-order valence-electron chi connectivity index (χ2n) is 5.32. The number of rotatable bonds is 8. The Bertz CT molecular complexity index is 905. The molecule has 0 spiro atoms. The molecule has 0 fully saturated rings. The van der Waals surface area contributed by atoms with Gasteiger partial charge in [-0.25, -0.2) is 8.42 Å². The normalized spacial score (nSPS) is 11.4. The third kappa shape index (κ3) is 4.63. The molecular weight excluding hydrogens is 382 g/mol. The van der Waals surface area contributed by atoms with Crippen molar-refractivity contribution in [2.75, 3.05) is 32.6 Å². The van der Waals surface area contributed by atoms with Gasteiger partial charge in [0, 0.05) is 31.7 Å². The first-order valence-electron chi connectivity index (χ1n) is 7.56. The Morgan fingerprint density at radius 3 is 2.62 bits per heavy atom. The first kappa shape index (κ1) is 20.0. The minimum absolute atomic E-state index is 0.0659. The molecule has 0 saturated carbocycles. The van der Waals surface area contributed by atoms with Crippen LogP contribution in [0.25, 0.3) is 0 Å². The second kappa shape index (κ2) is 8.35. The minimum Gasteiger partial charge on any atom is -0.492 e. The van der Waals surface area contributed by atoms with Crippen LogP contribution >= 0.6 is 11.6 Å². The van der Waals surface area contributed by atoms with Crippen LogP contribution in [0.4, 0.5) is 11.4 Å². The van der Waals surface area contributed by atoms with E-state index in [-0.39, 0.29) is 29.4 Å². The summed E-state index contributed by atoms with van der Waals surface area (Å²) in [5.41, 5.74) is -0.0713. The number of benzene rings is 2. The maximum Gasteiger partial charge on any atom is 0.293 e. The van der Waals surface area contributed by atoms with Crippen molar-refractivity contribution in [2.24, 2.45) is 0 Å². The highest BCUT2D eigenvalue weighted by atomic mass is 35.5. The molecule has 2 aromatic rings. The van der Waals surface area contributed by atoms with Gasteiger partial charge in [-0.1, -0.05) is 17.7 Å². The van der Waals surface area contributed by atoms with Crippen LogP contribution < -0.4 is 10.1 Å². The van der Waals surface area contributed by atoms with Gasteiger partial charge in [-0.15, -0.1) is 0 Å². The lowest BCUT2D eigenvalue weighted by Gasteiger charge is -2.18. The van der Waals surface area contributed by atoms with Gasteiger partial charge in [0.15, 0.2) is 0 Å².